The predicted molar refractivity (Wildman–Crippen MR) is 164 cm³/mol. The van der Waals surface area contributed by atoms with Gasteiger partial charge in [-0.2, -0.15) is 0 Å². The Labute approximate surface area is 245 Å². The van der Waals surface area contributed by atoms with Crippen LogP contribution in [-0.4, -0.2) is 63.9 Å². The first-order valence-corrected chi connectivity index (χ1v) is 16.7. The first-order chi connectivity index (χ1) is 19.2. The van der Waals surface area contributed by atoms with Crippen LogP contribution in [0.1, 0.15) is 150 Å². The number of nitrogens with zero attached hydrogens (tertiary/aromatic N) is 1. The van der Waals surface area contributed by atoms with Gasteiger partial charge in [-0.25, -0.2) is 0 Å². The maximum atomic E-state index is 12.0. The van der Waals surface area contributed by atoms with Crippen molar-refractivity contribution < 1.29 is 34.2 Å². The minimum absolute atomic E-state index is 0.263. The van der Waals surface area contributed by atoms with Crippen LogP contribution in [-0.2, 0) is 14.4 Å². The lowest BCUT2D eigenvalue weighted by molar-refractivity contribution is -0.935. The van der Waals surface area contributed by atoms with Crippen LogP contribution in [0.2, 0.25) is 0 Å². The summed E-state index contributed by atoms with van der Waals surface area (Å²) in [7, 11) is 0. The Morgan fingerprint density at radius 2 is 0.700 bits per heavy atom. The van der Waals surface area contributed by atoms with Gasteiger partial charge in [0.05, 0.1) is 26.2 Å². The lowest BCUT2D eigenvalue weighted by Crippen LogP contribution is -2.58. The Morgan fingerprint density at radius 3 is 0.925 bits per heavy atom. The average molecular weight is 571 g/mol. The number of aliphatic carboxylic acids is 3. The van der Waals surface area contributed by atoms with Gasteiger partial charge in [0, 0.05) is 0 Å². The third kappa shape index (κ3) is 17.9. The van der Waals surface area contributed by atoms with Gasteiger partial charge >= 0.3 is 17.9 Å². The van der Waals surface area contributed by atoms with Gasteiger partial charge in [-0.15, -0.1) is 0 Å². The molecule has 0 aliphatic heterocycles. The smallest absolute Gasteiger partial charge is 0.312 e. The standard InChI is InChI=1S/C33H63NO6/c1-5-9-10-11-12-13-14-15-16-17-18-19-20-21-22-23-24-34(25-28(6-2)31(35)36,26-29(7-3)32(37)38)27-30(8-4)33(39)40/h28-30H,5-27H2,1-4H3,(H2-,35,36,37,38,39,40)/p+1. The highest BCUT2D eigenvalue weighted by Gasteiger charge is 2.40. The summed E-state index contributed by atoms with van der Waals surface area (Å²) in [5.41, 5.74) is 0. The van der Waals surface area contributed by atoms with Crippen molar-refractivity contribution in [2.24, 2.45) is 17.8 Å². The van der Waals surface area contributed by atoms with Crippen molar-refractivity contribution in [2.45, 2.75) is 150 Å². The zero-order chi connectivity index (χ0) is 30.2. The lowest BCUT2D eigenvalue weighted by atomic mass is 9.95. The van der Waals surface area contributed by atoms with Crippen molar-refractivity contribution in [2.75, 3.05) is 26.2 Å². The quantitative estimate of drug-likeness (QED) is 0.0615. The molecule has 0 bridgehead atoms. The number of rotatable bonds is 29. The van der Waals surface area contributed by atoms with Crippen LogP contribution in [0, 0.1) is 17.8 Å². The van der Waals surface area contributed by atoms with E-state index in [2.05, 4.69) is 6.92 Å². The highest BCUT2D eigenvalue weighted by atomic mass is 16.4. The third-order valence-corrected chi connectivity index (χ3v) is 8.84. The van der Waals surface area contributed by atoms with Gasteiger partial charge < -0.3 is 19.8 Å². The molecule has 0 fully saturated rings. The fourth-order valence-electron chi connectivity index (χ4n) is 6.04. The molecule has 0 spiro atoms. The number of hydrogen-bond donors (Lipinski definition) is 3. The number of unbranched alkanes of at least 4 members (excludes halogenated alkanes) is 15. The molecule has 0 heterocycles. The summed E-state index contributed by atoms with van der Waals surface area (Å²) in [5, 5.41) is 29.4. The van der Waals surface area contributed by atoms with E-state index < -0.39 is 35.7 Å². The van der Waals surface area contributed by atoms with E-state index in [1.54, 1.807) is 0 Å². The summed E-state index contributed by atoms with van der Waals surface area (Å²) in [6.07, 6.45) is 21.6. The number of carboxylic acid groups (broad SMARTS) is 3. The molecule has 3 unspecified atom stereocenters. The van der Waals surface area contributed by atoms with Gasteiger partial charge in [-0.05, 0) is 32.1 Å². The zero-order valence-electron chi connectivity index (χ0n) is 26.5. The van der Waals surface area contributed by atoms with Gasteiger partial charge in [-0.1, -0.05) is 118 Å². The molecule has 0 aliphatic rings. The summed E-state index contributed by atoms with van der Waals surface area (Å²) in [4.78, 5) is 35.9. The molecule has 3 atom stereocenters. The number of hydrogen-bond acceptors (Lipinski definition) is 3. The van der Waals surface area contributed by atoms with Crippen molar-refractivity contribution in [3.05, 3.63) is 0 Å². The van der Waals surface area contributed by atoms with E-state index in [4.69, 9.17) is 0 Å². The number of quaternary nitrogens is 1. The fraction of sp³-hybridized carbons (Fsp3) is 0.909. The van der Waals surface area contributed by atoms with E-state index in [1.165, 1.54) is 83.5 Å². The van der Waals surface area contributed by atoms with E-state index in [1.807, 2.05) is 20.8 Å². The largest absolute Gasteiger partial charge is 0.481 e. The molecule has 0 amide bonds. The molecule has 7 heteroatoms. The summed E-state index contributed by atoms with van der Waals surface area (Å²) in [6, 6.07) is 0. The Hall–Kier alpha value is -1.63. The van der Waals surface area contributed by atoms with E-state index in [9.17, 15) is 29.7 Å². The van der Waals surface area contributed by atoms with Crippen LogP contribution in [0.15, 0.2) is 0 Å². The fourth-order valence-corrected chi connectivity index (χ4v) is 6.04. The molecule has 0 aliphatic carbocycles. The second kappa shape index (κ2) is 24.0. The molecular formula is C33H64NO6+. The highest BCUT2D eigenvalue weighted by molar-refractivity contribution is 5.71. The van der Waals surface area contributed by atoms with E-state index in [0.29, 0.717) is 25.8 Å². The predicted octanol–water partition coefficient (Wildman–Crippen LogP) is 8.40. The van der Waals surface area contributed by atoms with Gasteiger partial charge in [-0.3, -0.25) is 14.4 Å². The molecule has 0 aromatic heterocycles. The topological polar surface area (TPSA) is 112 Å². The molecule has 40 heavy (non-hydrogen) atoms. The molecule has 236 valence electrons. The number of carboxylic acids is 3. The Kier molecular flexibility index (Phi) is 23.0. The van der Waals surface area contributed by atoms with Crippen molar-refractivity contribution >= 4 is 17.9 Å². The minimum Gasteiger partial charge on any atom is -0.481 e. The molecule has 0 aromatic carbocycles. The van der Waals surface area contributed by atoms with Crippen LogP contribution in [0.4, 0.5) is 0 Å². The second-order valence-corrected chi connectivity index (χ2v) is 12.2. The van der Waals surface area contributed by atoms with Gasteiger partial charge in [0.25, 0.3) is 0 Å². The summed E-state index contributed by atoms with van der Waals surface area (Å²) in [5.74, 6) is -4.49. The monoisotopic (exact) mass is 570 g/mol. The van der Waals surface area contributed by atoms with E-state index in [-0.39, 0.29) is 24.1 Å². The first kappa shape index (κ1) is 38.4. The Morgan fingerprint density at radius 1 is 0.450 bits per heavy atom. The molecule has 0 radical (unpaired) electrons. The molecule has 0 rings (SSSR count). The molecule has 0 saturated heterocycles. The highest BCUT2D eigenvalue weighted by Crippen LogP contribution is 2.25. The summed E-state index contributed by atoms with van der Waals surface area (Å²) < 4.78 is 0.263. The first-order valence-electron chi connectivity index (χ1n) is 16.7. The van der Waals surface area contributed by atoms with Crippen molar-refractivity contribution in [3.8, 4) is 0 Å². The Bertz CT molecular complexity index is 608. The maximum Gasteiger partial charge on any atom is 0.312 e. The van der Waals surface area contributed by atoms with E-state index in [0.717, 1.165) is 19.3 Å². The van der Waals surface area contributed by atoms with Crippen molar-refractivity contribution in [1.82, 2.24) is 0 Å². The van der Waals surface area contributed by atoms with Gasteiger partial charge in [0.1, 0.15) is 17.8 Å². The molecule has 0 aromatic rings. The van der Waals surface area contributed by atoms with E-state index >= 15 is 0 Å². The van der Waals surface area contributed by atoms with Crippen LogP contribution < -0.4 is 0 Å². The molecular weight excluding hydrogens is 506 g/mol. The van der Waals surface area contributed by atoms with Gasteiger partial charge in [0.2, 0.25) is 0 Å². The minimum atomic E-state index is -0.885. The molecule has 0 saturated carbocycles. The Balaban J connectivity index is 4.80. The van der Waals surface area contributed by atoms with Crippen molar-refractivity contribution in [3.63, 3.8) is 0 Å². The SMILES string of the molecule is CCCCCCCCCCCCCCCCCC[N+](CC(CC)C(=O)O)(CC(CC)C(=O)O)CC(CC)C(=O)O. The normalized spacial score (nSPS) is 15.3. The molecule has 7 nitrogen and oxygen atoms in total. The lowest BCUT2D eigenvalue weighted by Gasteiger charge is -2.43. The van der Waals surface area contributed by atoms with Crippen LogP contribution in [0.5, 0.6) is 0 Å². The van der Waals surface area contributed by atoms with Crippen LogP contribution in [0.3, 0.4) is 0 Å². The van der Waals surface area contributed by atoms with Crippen molar-refractivity contribution in [1.29, 1.82) is 0 Å². The van der Waals surface area contributed by atoms with Crippen LogP contribution in [0.25, 0.3) is 0 Å². The summed E-state index contributed by atoms with van der Waals surface area (Å²) in [6.45, 7) is 9.28. The maximum absolute atomic E-state index is 12.0. The molecule has 3 N–H and O–H groups in total. The van der Waals surface area contributed by atoms with Gasteiger partial charge in [0.15, 0.2) is 0 Å². The summed E-state index contributed by atoms with van der Waals surface area (Å²) >= 11 is 0. The third-order valence-electron chi connectivity index (χ3n) is 8.84. The zero-order valence-corrected chi connectivity index (χ0v) is 26.5. The number of carbonyl (C=O) groups is 3. The average Bonchev–Trinajstić information content (AvgIpc) is 2.92. The second-order valence-electron chi connectivity index (χ2n) is 12.2. The van der Waals surface area contributed by atoms with Crippen LogP contribution >= 0.6 is 0 Å².